The average molecular weight is 295 g/mol. The van der Waals surface area contributed by atoms with E-state index in [1.54, 1.807) is 0 Å². The number of hydrogen-bond donors (Lipinski definition) is 2. The van der Waals surface area contributed by atoms with Crippen molar-refractivity contribution in [2.45, 2.75) is 25.3 Å². The maximum absolute atomic E-state index is 12.9. The van der Waals surface area contributed by atoms with Crippen LogP contribution in [0.25, 0.3) is 0 Å². The zero-order valence-electron chi connectivity index (χ0n) is 11.5. The van der Waals surface area contributed by atoms with Crippen LogP contribution in [0.5, 0.6) is 0 Å². The van der Waals surface area contributed by atoms with Gasteiger partial charge in [-0.1, -0.05) is 12.1 Å². The Morgan fingerprint density at radius 3 is 2.48 bits per heavy atom. The average Bonchev–Trinajstić information content (AvgIpc) is 2.48. The highest BCUT2D eigenvalue weighted by molar-refractivity contribution is 5.80. The molecule has 0 bridgehead atoms. The maximum atomic E-state index is 12.9. The molecule has 21 heavy (non-hydrogen) atoms. The van der Waals surface area contributed by atoms with E-state index in [0.717, 1.165) is 0 Å². The molecular weight excluding hydrogens is 277 g/mol. The number of carbonyl (C=O) groups excluding carboxylic acids is 1. The topological polar surface area (TPSA) is 75.6 Å². The predicted molar refractivity (Wildman–Crippen MR) is 73.1 cm³/mol. The molecular formula is C15H18FNO4. The molecule has 6 heteroatoms. The van der Waals surface area contributed by atoms with Gasteiger partial charge in [-0.3, -0.25) is 9.59 Å². The number of ether oxygens (including phenoxy) is 1. The van der Waals surface area contributed by atoms with Crippen molar-refractivity contribution < 1.29 is 23.8 Å². The molecule has 1 unspecified atom stereocenters. The van der Waals surface area contributed by atoms with E-state index in [4.69, 9.17) is 9.84 Å². The molecule has 1 fully saturated rings. The van der Waals surface area contributed by atoms with Gasteiger partial charge in [0.1, 0.15) is 5.82 Å². The van der Waals surface area contributed by atoms with Crippen molar-refractivity contribution in [1.29, 1.82) is 0 Å². The first-order valence-corrected chi connectivity index (χ1v) is 6.91. The molecule has 0 aromatic heterocycles. The van der Waals surface area contributed by atoms with Crippen molar-refractivity contribution >= 4 is 11.9 Å². The highest BCUT2D eigenvalue weighted by Crippen LogP contribution is 2.21. The summed E-state index contributed by atoms with van der Waals surface area (Å²) in [6.45, 7) is 1.08. The molecule has 2 N–H and O–H groups in total. The fourth-order valence-electron chi connectivity index (χ4n) is 2.37. The van der Waals surface area contributed by atoms with E-state index < -0.39 is 17.8 Å². The van der Waals surface area contributed by atoms with Crippen LogP contribution in [0.3, 0.4) is 0 Å². The van der Waals surface area contributed by atoms with Crippen molar-refractivity contribution in [3.05, 3.63) is 35.6 Å². The largest absolute Gasteiger partial charge is 0.481 e. The van der Waals surface area contributed by atoms with Crippen LogP contribution in [0.4, 0.5) is 4.39 Å². The Kier molecular flexibility index (Phi) is 5.27. The van der Waals surface area contributed by atoms with Gasteiger partial charge in [0.15, 0.2) is 0 Å². The smallest absolute Gasteiger partial charge is 0.305 e. The second kappa shape index (κ2) is 7.17. The van der Waals surface area contributed by atoms with E-state index in [9.17, 15) is 14.0 Å². The van der Waals surface area contributed by atoms with Crippen LogP contribution in [0.15, 0.2) is 24.3 Å². The van der Waals surface area contributed by atoms with Crippen molar-refractivity contribution in [2.24, 2.45) is 5.92 Å². The summed E-state index contributed by atoms with van der Waals surface area (Å²) in [7, 11) is 0. The highest BCUT2D eigenvalue weighted by Gasteiger charge is 2.25. The van der Waals surface area contributed by atoms with Crippen molar-refractivity contribution in [2.75, 3.05) is 13.2 Å². The Morgan fingerprint density at radius 2 is 1.90 bits per heavy atom. The third kappa shape index (κ3) is 4.53. The molecule has 0 spiro atoms. The van der Waals surface area contributed by atoms with Gasteiger partial charge in [-0.15, -0.1) is 0 Å². The maximum Gasteiger partial charge on any atom is 0.305 e. The van der Waals surface area contributed by atoms with Crippen LogP contribution in [-0.2, 0) is 14.3 Å². The summed E-state index contributed by atoms with van der Waals surface area (Å²) in [6.07, 6.45) is 1.03. The molecule has 5 nitrogen and oxygen atoms in total. The lowest BCUT2D eigenvalue weighted by atomic mass is 9.97. The molecule has 1 saturated heterocycles. The van der Waals surface area contributed by atoms with E-state index in [0.29, 0.717) is 31.6 Å². The summed E-state index contributed by atoms with van der Waals surface area (Å²) in [5.74, 6) is -1.75. The number of carboxylic acids is 1. The fourth-order valence-corrected chi connectivity index (χ4v) is 2.37. The molecule has 1 amide bonds. The lowest BCUT2D eigenvalue weighted by molar-refractivity contribution is -0.138. The molecule has 114 valence electrons. The van der Waals surface area contributed by atoms with Crippen LogP contribution in [0, 0.1) is 11.7 Å². The second-order valence-electron chi connectivity index (χ2n) is 5.10. The monoisotopic (exact) mass is 295 g/mol. The number of hydrogen-bond acceptors (Lipinski definition) is 3. The molecule has 1 aromatic rings. The van der Waals surface area contributed by atoms with Crippen LogP contribution in [0.2, 0.25) is 0 Å². The molecule has 0 radical (unpaired) electrons. The molecule has 1 aromatic carbocycles. The van der Waals surface area contributed by atoms with E-state index >= 15 is 0 Å². The minimum atomic E-state index is -1.02. The standard InChI is InChI=1S/C15H18FNO4/c16-12-3-1-10(2-4-12)13(9-14(18)19)17-15(20)11-5-7-21-8-6-11/h1-4,11,13H,5-9H2,(H,17,20)(H,18,19). The van der Waals surface area contributed by atoms with Gasteiger partial charge >= 0.3 is 5.97 Å². The number of halogens is 1. The molecule has 0 aliphatic carbocycles. The minimum Gasteiger partial charge on any atom is -0.481 e. The summed E-state index contributed by atoms with van der Waals surface area (Å²) in [6, 6.07) is 4.84. The summed E-state index contributed by atoms with van der Waals surface area (Å²) >= 11 is 0. The second-order valence-corrected chi connectivity index (χ2v) is 5.10. The van der Waals surface area contributed by atoms with Gasteiger partial charge in [-0.2, -0.15) is 0 Å². The predicted octanol–water partition coefficient (Wildman–Crippen LogP) is 1.88. The van der Waals surface area contributed by atoms with Crippen molar-refractivity contribution in [1.82, 2.24) is 5.32 Å². The van der Waals surface area contributed by atoms with Gasteiger partial charge in [-0.05, 0) is 30.5 Å². The van der Waals surface area contributed by atoms with E-state index in [1.165, 1.54) is 24.3 Å². The molecule has 1 aliphatic rings. The number of aliphatic carboxylic acids is 1. The third-order valence-corrected chi connectivity index (χ3v) is 3.56. The van der Waals surface area contributed by atoms with Gasteiger partial charge in [0, 0.05) is 19.1 Å². The van der Waals surface area contributed by atoms with Gasteiger partial charge in [0.2, 0.25) is 5.91 Å². The summed E-state index contributed by atoms with van der Waals surface area (Å²) in [5, 5.41) is 11.7. The van der Waals surface area contributed by atoms with Gasteiger partial charge in [-0.25, -0.2) is 4.39 Å². The van der Waals surface area contributed by atoms with Crippen LogP contribution in [0.1, 0.15) is 30.9 Å². The third-order valence-electron chi connectivity index (χ3n) is 3.56. The number of carboxylic acid groups (broad SMARTS) is 1. The van der Waals surface area contributed by atoms with Gasteiger partial charge < -0.3 is 15.2 Å². The van der Waals surface area contributed by atoms with Crippen molar-refractivity contribution in [3.8, 4) is 0 Å². The van der Waals surface area contributed by atoms with E-state index in [2.05, 4.69) is 5.32 Å². The van der Waals surface area contributed by atoms with E-state index in [-0.39, 0.29) is 18.2 Å². The molecule has 2 rings (SSSR count). The molecule has 0 saturated carbocycles. The van der Waals surface area contributed by atoms with Crippen LogP contribution in [-0.4, -0.2) is 30.2 Å². The van der Waals surface area contributed by atoms with Crippen LogP contribution < -0.4 is 5.32 Å². The normalized spacial score (nSPS) is 17.2. The van der Waals surface area contributed by atoms with Gasteiger partial charge in [0.05, 0.1) is 12.5 Å². The van der Waals surface area contributed by atoms with Crippen molar-refractivity contribution in [3.63, 3.8) is 0 Å². The number of rotatable bonds is 5. The Hall–Kier alpha value is -1.95. The Balaban J connectivity index is 2.06. The molecule has 1 heterocycles. The Bertz CT molecular complexity index is 497. The van der Waals surface area contributed by atoms with Gasteiger partial charge in [0.25, 0.3) is 0 Å². The molecule has 1 atom stereocenters. The zero-order valence-corrected chi connectivity index (χ0v) is 11.5. The zero-order chi connectivity index (χ0) is 15.2. The number of amides is 1. The summed E-state index contributed by atoms with van der Waals surface area (Å²) < 4.78 is 18.1. The minimum absolute atomic E-state index is 0.157. The lowest BCUT2D eigenvalue weighted by Gasteiger charge is -2.24. The van der Waals surface area contributed by atoms with Crippen LogP contribution >= 0.6 is 0 Å². The highest BCUT2D eigenvalue weighted by atomic mass is 19.1. The Morgan fingerprint density at radius 1 is 1.29 bits per heavy atom. The fraction of sp³-hybridized carbons (Fsp3) is 0.467. The SMILES string of the molecule is O=C(O)CC(NC(=O)C1CCOCC1)c1ccc(F)cc1. The first kappa shape index (κ1) is 15.4. The summed E-state index contributed by atoms with van der Waals surface area (Å²) in [4.78, 5) is 23.2. The number of benzene rings is 1. The first-order valence-electron chi connectivity index (χ1n) is 6.91. The number of carbonyl (C=O) groups is 2. The summed E-state index contributed by atoms with van der Waals surface area (Å²) in [5.41, 5.74) is 0.583. The Labute approximate surface area is 122 Å². The quantitative estimate of drug-likeness (QED) is 0.869. The number of nitrogens with one attached hydrogen (secondary N) is 1. The van der Waals surface area contributed by atoms with E-state index in [1.807, 2.05) is 0 Å². The first-order chi connectivity index (χ1) is 10.1. The molecule has 1 aliphatic heterocycles. The lowest BCUT2D eigenvalue weighted by Crippen LogP contribution is -2.37.